The van der Waals surface area contributed by atoms with Gasteiger partial charge in [-0.3, -0.25) is 0 Å². The average Bonchev–Trinajstić information content (AvgIpc) is 2.76. The molecule has 0 aromatic heterocycles. The maximum absolute atomic E-state index is 14.1. The van der Waals surface area contributed by atoms with Gasteiger partial charge in [0.25, 0.3) is 0 Å². The fourth-order valence-electron chi connectivity index (χ4n) is 2.69. The smallest absolute Gasteiger partial charge is 2.00 e. The van der Waals surface area contributed by atoms with E-state index in [2.05, 4.69) is 0 Å². The molecule has 0 radical (unpaired) electrons. The van der Waals surface area contributed by atoms with Crippen LogP contribution in [0.2, 0.25) is 7.87 Å². The number of alkyl halides is 26. The Morgan fingerprint density at radius 3 is 0.614 bits per heavy atom. The van der Waals surface area contributed by atoms with Crippen molar-refractivity contribution in [1.29, 1.82) is 0 Å². The van der Waals surface area contributed by atoms with Gasteiger partial charge in [0.2, 0.25) is 0 Å². The standard InChI is InChI=1S/2C8H4F13.O.Sn/c2*1-2-3(9,10)4(11,12)5(13,14)6(15,16)7(17,18)8(19,20)21;;/h2*2H,1H3;;/q;;-2;+2. The summed E-state index contributed by atoms with van der Waals surface area (Å²) in [5.74, 6) is -81.2. The second-order valence-electron chi connectivity index (χ2n) is 8.45. The summed E-state index contributed by atoms with van der Waals surface area (Å²) in [7, 11) is 0. The Morgan fingerprint density at radius 1 is 0.295 bits per heavy atom. The van der Waals surface area contributed by atoms with Gasteiger partial charge in [-0.2, -0.15) is 0 Å². The summed E-state index contributed by atoms with van der Waals surface area (Å²) in [4.78, 5) is 0. The molecule has 0 aliphatic carbocycles. The van der Waals surface area contributed by atoms with Crippen LogP contribution in [0.25, 0.3) is 0 Å². The fourth-order valence-corrected chi connectivity index (χ4v) is 7.06. The molecule has 2 atom stereocenters. The predicted octanol–water partition coefficient (Wildman–Crippen LogP) is 9.67. The van der Waals surface area contributed by atoms with Gasteiger partial charge >= 0.3 is 229 Å². The molecule has 0 rings (SSSR count). The van der Waals surface area contributed by atoms with Crippen molar-refractivity contribution in [3.05, 3.63) is 0 Å². The van der Waals surface area contributed by atoms with Gasteiger partial charge in [0, 0.05) is 0 Å². The first kappa shape index (κ1) is 45.1. The topological polar surface area (TPSA) is 28.5 Å². The van der Waals surface area contributed by atoms with Crippen LogP contribution in [0, 0.1) is 0 Å². The zero-order valence-corrected chi connectivity index (χ0v) is 22.7. The Labute approximate surface area is 234 Å². The maximum Gasteiger partial charge on any atom is -2.00 e. The molecule has 44 heavy (non-hydrogen) atoms. The van der Waals surface area contributed by atoms with Gasteiger partial charge < -0.3 is 5.48 Å². The third-order valence-corrected chi connectivity index (χ3v) is 10.4. The van der Waals surface area contributed by atoms with Crippen LogP contribution in [0.1, 0.15) is 13.8 Å². The molecule has 0 saturated carbocycles. The Morgan fingerprint density at radius 2 is 0.455 bits per heavy atom. The molecule has 1 nitrogen and oxygen atoms in total. The van der Waals surface area contributed by atoms with E-state index in [1.165, 1.54) is 0 Å². The minimum absolute atomic E-state index is 0. The SMILES string of the molecule is C[CH]([Sn+2][CH](C)C(F)(F)C(F)(F)C(F)(F)C(F)(F)C(F)(F)C(F)(F)F)C(F)(F)C(F)(F)C(F)(F)C(F)(F)C(F)(F)C(F)(F)F.[O-2]. The quantitative estimate of drug-likeness (QED) is 0.139. The van der Waals surface area contributed by atoms with E-state index >= 15 is 0 Å². The van der Waals surface area contributed by atoms with Crippen molar-refractivity contribution in [2.45, 2.75) is 93.3 Å². The molecule has 0 saturated heterocycles. The van der Waals surface area contributed by atoms with Crippen LogP contribution in [0.4, 0.5) is 114 Å². The summed E-state index contributed by atoms with van der Waals surface area (Å²) in [6.45, 7) is -1.52. The molecule has 0 heterocycles. The van der Waals surface area contributed by atoms with E-state index in [1.54, 1.807) is 0 Å². The first-order valence-electron chi connectivity index (χ1n) is 9.72. The number of halogens is 26. The Hall–Kier alpha value is -1.06. The summed E-state index contributed by atoms with van der Waals surface area (Å²) in [6.07, 6.45) is -15.7. The van der Waals surface area contributed by atoms with Crippen molar-refractivity contribution in [2.24, 2.45) is 0 Å². The monoisotopic (exact) mass is 830 g/mol. The molecule has 264 valence electrons. The molecule has 0 aromatic carbocycles. The van der Waals surface area contributed by atoms with Crippen LogP contribution >= 0.6 is 0 Å². The van der Waals surface area contributed by atoms with E-state index in [4.69, 9.17) is 0 Å². The molecule has 0 aliphatic heterocycles. The number of hydrogen-bond donors (Lipinski definition) is 0. The van der Waals surface area contributed by atoms with Gasteiger partial charge in [0.1, 0.15) is 0 Å². The van der Waals surface area contributed by atoms with Gasteiger partial charge in [0.15, 0.2) is 0 Å². The molecule has 0 bridgehead atoms. The van der Waals surface area contributed by atoms with Crippen molar-refractivity contribution < 1.29 is 120 Å². The molecule has 0 spiro atoms. The van der Waals surface area contributed by atoms with Gasteiger partial charge in [-0.1, -0.05) is 0 Å². The van der Waals surface area contributed by atoms with Crippen molar-refractivity contribution in [3.63, 3.8) is 0 Å². The van der Waals surface area contributed by atoms with Crippen LogP contribution < -0.4 is 0 Å². The molecular weight excluding hydrogens is 821 g/mol. The first-order valence-corrected chi connectivity index (χ1v) is 13.0. The number of hydrogen-bond acceptors (Lipinski definition) is 0. The summed E-state index contributed by atoms with van der Waals surface area (Å²) in [5, 5.41) is 0. The summed E-state index contributed by atoms with van der Waals surface area (Å²) >= 11 is -5.25. The van der Waals surface area contributed by atoms with E-state index < -0.39 is 114 Å². The normalized spacial score (nSPS) is 17.5. The molecule has 0 N–H and O–H groups in total. The summed E-state index contributed by atoms with van der Waals surface area (Å²) in [6, 6.07) is 0. The van der Waals surface area contributed by atoms with E-state index in [0.717, 1.165) is 0 Å². The molecule has 28 heteroatoms. The van der Waals surface area contributed by atoms with E-state index in [0.29, 0.717) is 0 Å². The van der Waals surface area contributed by atoms with Crippen LogP contribution in [-0.2, 0) is 5.48 Å². The fraction of sp³-hybridized carbons (Fsp3) is 1.00. The van der Waals surface area contributed by atoms with Gasteiger partial charge in [-0.05, 0) is 0 Å². The van der Waals surface area contributed by atoms with Crippen molar-refractivity contribution in [2.75, 3.05) is 0 Å². The maximum atomic E-state index is 14.1. The third-order valence-electron chi connectivity index (χ3n) is 5.50. The number of rotatable bonds is 12. The van der Waals surface area contributed by atoms with Crippen molar-refractivity contribution >= 4 is 21.1 Å². The van der Waals surface area contributed by atoms with Crippen LogP contribution in [-0.4, -0.2) is 92.7 Å². The van der Waals surface area contributed by atoms with Crippen molar-refractivity contribution in [3.8, 4) is 0 Å². The Kier molecular flexibility index (Phi) is 11.9. The summed E-state index contributed by atoms with van der Waals surface area (Å²) < 4.78 is 334. The van der Waals surface area contributed by atoms with Gasteiger partial charge in [-0.25, -0.2) is 0 Å². The molecule has 0 aliphatic rings. The van der Waals surface area contributed by atoms with Crippen LogP contribution in [0.3, 0.4) is 0 Å². The second-order valence-corrected chi connectivity index (χ2v) is 14.3. The largest absolute Gasteiger partial charge is 2.00 e. The molecule has 0 fully saturated rings. The third kappa shape index (κ3) is 5.93. The molecular formula is C16H8F26OSn. The molecule has 0 amide bonds. The van der Waals surface area contributed by atoms with Crippen LogP contribution in [0.5, 0.6) is 0 Å². The molecule has 2 unspecified atom stereocenters. The minimum atomic E-state index is -8.50. The predicted molar refractivity (Wildman–Crippen MR) is 86.9 cm³/mol. The summed E-state index contributed by atoms with van der Waals surface area (Å²) in [5.41, 5.74) is 0. The Balaban J connectivity index is 0. The van der Waals surface area contributed by atoms with Crippen LogP contribution in [0.15, 0.2) is 0 Å². The zero-order chi connectivity index (χ0) is 35.9. The van der Waals surface area contributed by atoms with E-state index in [1.807, 2.05) is 0 Å². The molecule has 0 aromatic rings. The van der Waals surface area contributed by atoms with Gasteiger partial charge in [0.05, 0.1) is 0 Å². The second kappa shape index (κ2) is 11.6. The first-order chi connectivity index (χ1) is 18.0. The van der Waals surface area contributed by atoms with E-state index in [9.17, 15) is 114 Å². The zero-order valence-electron chi connectivity index (χ0n) is 19.9. The Bertz CT molecular complexity index is 913. The minimum Gasteiger partial charge on any atom is -2.00 e. The van der Waals surface area contributed by atoms with E-state index in [-0.39, 0.29) is 5.48 Å². The van der Waals surface area contributed by atoms with Gasteiger partial charge in [-0.15, -0.1) is 0 Å². The average molecular weight is 829 g/mol. The van der Waals surface area contributed by atoms with Crippen molar-refractivity contribution in [1.82, 2.24) is 0 Å².